The molecule has 0 saturated carbocycles. The van der Waals surface area contributed by atoms with Gasteiger partial charge in [0.2, 0.25) is 5.03 Å². The minimum Gasteiger partial charge on any atom is -0.377 e. The first-order valence-corrected chi connectivity index (χ1v) is 7.08. The summed E-state index contributed by atoms with van der Waals surface area (Å²) in [6.07, 6.45) is -0.685. The Balaban J connectivity index is 2.42. The second-order valence-corrected chi connectivity index (χ2v) is 6.12. The number of halogens is 1. The van der Waals surface area contributed by atoms with Gasteiger partial charge < -0.3 is 10.5 Å². The van der Waals surface area contributed by atoms with Crippen LogP contribution in [0.15, 0.2) is 9.63 Å². The van der Waals surface area contributed by atoms with E-state index < -0.39 is 16.2 Å². The molecular weight excluding hydrogens is 314 g/mol. The molecule has 1 aromatic rings. The zero-order valence-corrected chi connectivity index (χ0v) is 11.5. The second kappa shape index (κ2) is 4.61. The number of hydrogen-bond acceptors (Lipinski definition) is 6. The molecule has 17 heavy (non-hydrogen) atoms. The lowest BCUT2D eigenvalue weighted by molar-refractivity contribution is 0.0347. The number of ether oxygens (including phenoxy) is 1. The number of nitrogens with two attached hydrogens (primary N) is 1. The van der Waals surface area contributed by atoms with E-state index in [9.17, 15) is 8.42 Å². The zero-order chi connectivity index (χ0) is 12.6. The third-order valence-corrected chi connectivity index (χ3v) is 5.22. The fourth-order valence-corrected chi connectivity index (χ4v) is 4.13. The summed E-state index contributed by atoms with van der Waals surface area (Å²) >= 11 is 3.07. The van der Waals surface area contributed by atoms with Crippen molar-refractivity contribution in [2.45, 2.75) is 11.2 Å². The first-order valence-electron chi connectivity index (χ1n) is 4.85. The van der Waals surface area contributed by atoms with Crippen LogP contribution in [0.3, 0.4) is 0 Å². The predicted octanol–water partition coefficient (Wildman–Crippen LogP) is -1.12. The van der Waals surface area contributed by atoms with Crippen molar-refractivity contribution in [2.75, 3.05) is 19.8 Å². The molecule has 1 fully saturated rings. The summed E-state index contributed by atoms with van der Waals surface area (Å²) < 4.78 is 32.4. The van der Waals surface area contributed by atoms with Crippen LogP contribution < -0.4 is 5.73 Å². The van der Waals surface area contributed by atoms with Crippen molar-refractivity contribution < 1.29 is 13.2 Å². The standard InChI is InChI=1S/C7H12BrN5O3S/c1-12-7(6(8)10-11-12)17(14,15)13-2-3-16-4-5(13)9/h5H,2-4,9H2,1H3. The lowest BCUT2D eigenvalue weighted by Crippen LogP contribution is -2.53. The molecule has 0 aliphatic carbocycles. The van der Waals surface area contributed by atoms with E-state index in [1.807, 2.05) is 0 Å². The number of hydrogen-bond donors (Lipinski definition) is 1. The molecule has 2 heterocycles. The molecule has 1 aromatic heterocycles. The Bertz CT molecular complexity index is 496. The summed E-state index contributed by atoms with van der Waals surface area (Å²) in [6.45, 7) is 0.735. The molecule has 8 nitrogen and oxygen atoms in total. The summed E-state index contributed by atoms with van der Waals surface area (Å²) in [7, 11) is -2.20. The monoisotopic (exact) mass is 325 g/mol. The molecule has 1 aliphatic heterocycles. The van der Waals surface area contributed by atoms with Gasteiger partial charge in [0.25, 0.3) is 10.0 Å². The van der Waals surface area contributed by atoms with E-state index in [0.717, 1.165) is 0 Å². The van der Waals surface area contributed by atoms with Crippen LogP contribution in [0, 0.1) is 0 Å². The van der Waals surface area contributed by atoms with Crippen molar-refractivity contribution in [2.24, 2.45) is 12.8 Å². The lowest BCUT2D eigenvalue weighted by Gasteiger charge is -2.31. The highest BCUT2D eigenvalue weighted by Gasteiger charge is 2.36. The largest absolute Gasteiger partial charge is 0.377 e. The molecule has 1 atom stereocenters. The Morgan fingerprint density at radius 2 is 2.29 bits per heavy atom. The van der Waals surface area contributed by atoms with Crippen LogP contribution in [0.25, 0.3) is 0 Å². The Kier molecular flexibility index (Phi) is 3.50. The van der Waals surface area contributed by atoms with Gasteiger partial charge in [-0.15, -0.1) is 5.10 Å². The highest BCUT2D eigenvalue weighted by Crippen LogP contribution is 2.23. The molecule has 2 N–H and O–H groups in total. The molecule has 0 spiro atoms. The van der Waals surface area contributed by atoms with E-state index in [2.05, 4.69) is 26.2 Å². The van der Waals surface area contributed by atoms with E-state index in [4.69, 9.17) is 10.5 Å². The van der Waals surface area contributed by atoms with Crippen LogP contribution in [0.1, 0.15) is 0 Å². The fourth-order valence-electron chi connectivity index (χ4n) is 1.61. The first-order chi connectivity index (χ1) is 7.94. The fraction of sp³-hybridized carbons (Fsp3) is 0.714. The van der Waals surface area contributed by atoms with Crippen molar-refractivity contribution in [1.82, 2.24) is 19.3 Å². The third-order valence-electron chi connectivity index (χ3n) is 2.40. The molecule has 0 radical (unpaired) electrons. The van der Waals surface area contributed by atoms with E-state index in [1.54, 1.807) is 0 Å². The van der Waals surface area contributed by atoms with Crippen LogP contribution >= 0.6 is 15.9 Å². The van der Waals surface area contributed by atoms with Crippen molar-refractivity contribution in [3.05, 3.63) is 4.60 Å². The highest BCUT2D eigenvalue weighted by molar-refractivity contribution is 9.10. The van der Waals surface area contributed by atoms with Gasteiger partial charge in [0.05, 0.1) is 19.4 Å². The van der Waals surface area contributed by atoms with Gasteiger partial charge in [-0.25, -0.2) is 13.1 Å². The third kappa shape index (κ3) is 2.22. The lowest BCUT2D eigenvalue weighted by atomic mass is 10.4. The maximum atomic E-state index is 12.4. The predicted molar refractivity (Wildman–Crippen MR) is 61.4 cm³/mol. The molecule has 1 unspecified atom stereocenters. The van der Waals surface area contributed by atoms with Gasteiger partial charge >= 0.3 is 0 Å². The molecule has 10 heteroatoms. The smallest absolute Gasteiger partial charge is 0.264 e. The molecule has 0 aromatic carbocycles. The second-order valence-electron chi connectivity index (χ2n) is 3.57. The maximum absolute atomic E-state index is 12.4. The number of sulfonamides is 1. The molecular formula is C7H12BrN5O3S. The Morgan fingerprint density at radius 3 is 2.82 bits per heavy atom. The van der Waals surface area contributed by atoms with Crippen molar-refractivity contribution in [3.8, 4) is 0 Å². The number of aryl methyl sites for hydroxylation is 1. The SMILES string of the molecule is Cn1nnc(Br)c1S(=O)(=O)N1CCOCC1N. The van der Waals surface area contributed by atoms with Crippen molar-refractivity contribution in [3.63, 3.8) is 0 Å². The van der Waals surface area contributed by atoms with Gasteiger partial charge in [0, 0.05) is 13.6 Å². The van der Waals surface area contributed by atoms with Crippen LogP contribution in [0.5, 0.6) is 0 Å². The first kappa shape index (κ1) is 12.9. The highest BCUT2D eigenvalue weighted by atomic mass is 79.9. The molecule has 0 amide bonds. The molecule has 1 saturated heterocycles. The summed E-state index contributed by atoms with van der Waals surface area (Å²) in [6, 6.07) is 0. The average molecular weight is 326 g/mol. The summed E-state index contributed by atoms with van der Waals surface area (Å²) in [4.78, 5) is 0. The Labute approximate surface area is 107 Å². The van der Waals surface area contributed by atoms with E-state index in [1.165, 1.54) is 16.0 Å². The van der Waals surface area contributed by atoms with Gasteiger partial charge in [0.1, 0.15) is 0 Å². The van der Waals surface area contributed by atoms with Crippen molar-refractivity contribution in [1.29, 1.82) is 0 Å². The minimum absolute atomic E-state index is 0.00477. The zero-order valence-electron chi connectivity index (χ0n) is 9.08. The molecule has 0 bridgehead atoms. The van der Waals surface area contributed by atoms with Gasteiger partial charge in [-0.1, -0.05) is 5.21 Å². The van der Waals surface area contributed by atoms with E-state index in [0.29, 0.717) is 6.61 Å². The van der Waals surface area contributed by atoms with Gasteiger partial charge in [0.15, 0.2) is 4.60 Å². The van der Waals surface area contributed by atoms with Gasteiger partial charge in [-0.3, -0.25) is 0 Å². The van der Waals surface area contributed by atoms with Crippen LogP contribution in [0.2, 0.25) is 0 Å². The van der Waals surface area contributed by atoms with Gasteiger partial charge in [-0.2, -0.15) is 4.31 Å². The number of nitrogens with zero attached hydrogens (tertiary/aromatic N) is 4. The molecule has 96 valence electrons. The number of morpholine rings is 1. The van der Waals surface area contributed by atoms with Crippen molar-refractivity contribution >= 4 is 26.0 Å². The number of rotatable bonds is 2. The Hall–Kier alpha value is -0.550. The quantitative estimate of drug-likeness (QED) is 0.739. The summed E-state index contributed by atoms with van der Waals surface area (Å²) in [5, 5.41) is 7.29. The molecule has 1 aliphatic rings. The molecule has 2 rings (SSSR count). The number of aromatic nitrogens is 3. The van der Waals surface area contributed by atoms with E-state index >= 15 is 0 Å². The van der Waals surface area contributed by atoms with Crippen LogP contribution in [-0.4, -0.2) is 53.6 Å². The maximum Gasteiger partial charge on any atom is 0.264 e. The van der Waals surface area contributed by atoms with Crippen LogP contribution in [-0.2, 0) is 21.8 Å². The van der Waals surface area contributed by atoms with Crippen LogP contribution in [0.4, 0.5) is 0 Å². The average Bonchev–Trinajstić information content (AvgIpc) is 2.59. The summed E-state index contributed by atoms with van der Waals surface area (Å²) in [5.74, 6) is 0. The Morgan fingerprint density at radius 1 is 1.59 bits per heavy atom. The minimum atomic E-state index is -3.71. The summed E-state index contributed by atoms with van der Waals surface area (Å²) in [5.41, 5.74) is 5.73. The topological polar surface area (TPSA) is 103 Å². The van der Waals surface area contributed by atoms with Gasteiger partial charge in [-0.05, 0) is 15.9 Å². The normalized spacial score (nSPS) is 22.9. The van der Waals surface area contributed by atoms with E-state index in [-0.39, 0.29) is 22.8 Å².